The second kappa shape index (κ2) is 9.59. The van der Waals surface area contributed by atoms with Crippen molar-refractivity contribution in [1.82, 2.24) is 5.32 Å². The summed E-state index contributed by atoms with van der Waals surface area (Å²) in [7, 11) is 1.36. The van der Waals surface area contributed by atoms with E-state index in [1.165, 1.54) is 7.11 Å². The maximum Gasteiger partial charge on any atom is 0.336 e. The molecule has 2 aromatic carbocycles. The van der Waals surface area contributed by atoms with E-state index in [1.807, 2.05) is 49.4 Å². The van der Waals surface area contributed by atoms with Crippen molar-refractivity contribution in [1.29, 1.82) is 0 Å². The van der Waals surface area contributed by atoms with E-state index >= 15 is 0 Å². The highest BCUT2D eigenvalue weighted by Gasteiger charge is 2.44. The van der Waals surface area contributed by atoms with Crippen molar-refractivity contribution >= 4 is 39.3 Å². The van der Waals surface area contributed by atoms with Gasteiger partial charge in [0, 0.05) is 38.4 Å². The van der Waals surface area contributed by atoms with Gasteiger partial charge in [-0.1, -0.05) is 53.5 Å². The summed E-state index contributed by atoms with van der Waals surface area (Å²) in [6, 6.07) is 13.1. The third kappa shape index (κ3) is 4.93. The highest BCUT2D eigenvalue weighted by Crippen LogP contribution is 2.49. The molecule has 0 radical (unpaired) electrons. The average Bonchev–Trinajstić information content (AvgIpc) is 2.77. The number of hydrogen-bond donors (Lipinski definition) is 1. The monoisotopic (exact) mass is 543 g/mol. The predicted octanol–water partition coefficient (Wildman–Crippen LogP) is 6.46. The first-order valence-corrected chi connectivity index (χ1v) is 12.3. The molecule has 2 aliphatic rings. The Morgan fingerprint density at radius 2 is 1.88 bits per heavy atom. The Kier molecular flexibility index (Phi) is 6.92. The number of allylic oxidation sites excluding steroid dienone is 3. The van der Waals surface area contributed by atoms with E-state index in [-0.39, 0.29) is 11.2 Å². The Morgan fingerprint density at radius 3 is 2.56 bits per heavy atom. The minimum atomic E-state index is -0.593. The number of dihydropyridines is 1. The van der Waals surface area contributed by atoms with Crippen molar-refractivity contribution in [3.05, 3.63) is 85.6 Å². The van der Waals surface area contributed by atoms with Crippen LogP contribution >= 0.6 is 27.5 Å². The Balaban J connectivity index is 1.83. The topological polar surface area (TPSA) is 64.6 Å². The van der Waals surface area contributed by atoms with Gasteiger partial charge in [-0.25, -0.2) is 4.79 Å². The lowest BCUT2D eigenvalue weighted by molar-refractivity contribution is -0.136. The second-order valence-corrected chi connectivity index (χ2v) is 10.9. The van der Waals surface area contributed by atoms with Gasteiger partial charge in [-0.3, -0.25) is 4.79 Å². The Bertz CT molecular complexity index is 1210. The van der Waals surface area contributed by atoms with Gasteiger partial charge < -0.3 is 14.8 Å². The van der Waals surface area contributed by atoms with E-state index in [0.29, 0.717) is 47.1 Å². The molecule has 1 atom stereocenters. The van der Waals surface area contributed by atoms with E-state index in [4.69, 9.17) is 21.1 Å². The van der Waals surface area contributed by atoms with Crippen LogP contribution in [0.25, 0.3) is 0 Å². The summed E-state index contributed by atoms with van der Waals surface area (Å²) < 4.78 is 12.2. The van der Waals surface area contributed by atoms with Gasteiger partial charge in [0.1, 0.15) is 12.4 Å². The molecule has 0 saturated carbocycles. The molecule has 0 bridgehead atoms. The van der Waals surface area contributed by atoms with Gasteiger partial charge in [-0.15, -0.1) is 0 Å². The van der Waals surface area contributed by atoms with E-state index in [1.54, 1.807) is 0 Å². The molecule has 0 fully saturated rings. The molecule has 1 aliphatic carbocycles. The molecule has 1 aliphatic heterocycles. The molecule has 34 heavy (non-hydrogen) atoms. The smallest absolute Gasteiger partial charge is 0.336 e. The van der Waals surface area contributed by atoms with Crippen molar-refractivity contribution < 1.29 is 19.1 Å². The van der Waals surface area contributed by atoms with Gasteiger partial charge in [-0.2, -0.15) is 0 Å². The number of methoxy groups -OCH3 is 1. The SMILES string of the molecule is COC(=O)C1=C(C)NC2=C(C(=O)CC(C)(C)C2)[C@H]1c1cc(Br)ccc1OCc1ccc(Cl)cc1. The quantitative estimate of drug-likeness (QED) is 0.438. The van der Waals surface area contributed by atoms with Crippen LogP contribution in [0.3, 0.4) is 0 Å². The molecular weight excluding hydrogens is 518 g/mol. The summed E-state index contributed by atoms with van der Waals surface area (Å²) in [5.41, 5.74) is 4.11. The summed E-state index contributed by atoms with van der Waals surface area (Å²) in [6.45, 7) is 6.33. The number of halogens is 2. The fraction of sp³-hybridized carbons (Fsp3) is 0.333. The number of carbonyl (C=O) groups excluding carboxylic acids is 2. The molecule has 1 N–H and O–H groups in total. The normalized spacial score (nSPS) is 19.5. The largest absolute Gasteiger partial charge is 0.489 e. The summed E-state index contributed by atoms with van der Waals surface area (Å²) in [4.78, 5) is 26.4. The van der Waals surface area contributed by atoms with Gasteiger partial charge in [0.2, 0.25) is 0 Å². The molecule has 0 spiro atoms. The lowest BCUT2D eigenvalue weighted by Gasteiger charge is -2.39. The molecule has 2 aromatic rings. The summed E-state index contributed by atoms with van der Waals surface area (Å²) in [5.74, 6) is -0.433. The van der Waals surface area contributed by atoms with E-state index in [9.17, 15) is 9.59 Å². The number of benzene rings is 2. The van der Waals surface area contributed by atoms with Crippen LogP contribution in [0.4, 0.5) is 0 Å². The van der Waals surface area contributed by atoms with Crippen LogP contribution in [0.1, 0.15) is 50.7 Å². The molecule has 1 heterocycles. The van der Waals surface area contributed by atoms with Crippen LogP contribution in [0.5, 0.6) is 5.75 Å². The zero-order valence-corrected chi connectivity index (χ0v) is 22.0. The van der Waals surface area contributed by atoms with Crippen molar-refractivity contribution in [3.63, 3.8) is 0 Å². The fourth-order valence-electron chi connectivity index (χ4n) is 4.75. The van der Waals surface area contributed by atoms with Crippen molar-refractivity contribution in [3.8, 4) is 5.75 Å². The molecule has 0 aromatic heterocycles. The summed E-state index contributed by atoms with van der Waals surface area (Å²) >= 11 is 9.57. The first-order valence-electron chi connectivity index (χ1n) is 11.1. The number of rotatable bonds is 5. The fourth-order valence-corrected chi connectivity index (χ4v) is 5.25. The van der Waals surface area contributed by atoms with Crippen LogP contribution in [0.2, 0.25) is 5.02 Å². The summed E-state index contributed by atoms with van der Waals surface area (Å²) in [5, 5.41) is 4.00. The van der Waals surface area contributed by atoms with Crippen LogP contribution < -0.4 is 10.1 Å². The van der Waals surface area contributed by atoms with Crippen molar-refractivity contribution in [2.75, 3.05) is 7.11 Å². The number of hydrogen-bond acceptors (Lipinski definition) is 5. The van der Waals surface area contributed by atoms with Gasteiger partial charge in [0.25, 0.3) is 0 Å². The Hall–Kier alpha value is -2.57. The highest BCUT2D eigenvalue weighted by atomic mass is 79.9. The van der Waals surface area contributed by atoms with E-state index in [2.05, 4.69) is 35.1 Å². The van der Waals surface area contributed by atoms with Gasteiger partial charge in [0.05, 0.1) is 18.6 Å². The minimum absolute atomic E-state index is 0.0290. The van der Waals surface area contributed by atoms with Crippen molar-refractivity contribution in [2.24, 2.45) is 5.41 Å². The Morgan fingerprint density at radius 1 is 1.18 bits per heavy atom. The third-order valence-corrected chi connectivity index (χ3v) is 6.98. The number of ether oxygens (including phenoxy) is 2. The molecule has 0 amide bonds. The van der Waals surface area contributed by atoms with Crippen molar-refractivity contribution in [2.45, 2.75) is 46.1 Å². The Labute approximate surface area is 213 Å². The molecular formula is C27H27BrClNO4. The molecule has 0 saturated heterocycles. The minimum Gasteiger partial charge on any atom is -0.489 e. The maximum absolute atomic E-state index is 13.5. The third-order valence-electron chi connectivity index (χ3n) is 6.24. The van der Waals surface area contributed by atoms with Crippen LogP contribution in [0, 0.1) is 5.41 Å². The van der Waals surface area contributed by atoms with E-state index in [0.717, 1.165) is 21.3 Å². The van der Waals surface area contributed by atoms with Crippen LogP contribution in [0.15, 0.2) is 69.5 Å². The number of esters is 1. The van der Waals surface area contributed by atoms with Gasteiger partial charge in [0.15, 0.2) is 5.78 Å². The molecule has 7 heteroatoms. The zero-order chi connectivity index (χ0) is 24.6. The second-order valence-electron chi connectivity index (χ2n) is 9.52. The zero-order valence-electron chi connectivity index (χ0n) is 19.6. The number of carbonyl (C=O) groups is 2. The van der Waals surface area contributed by atoms with E-state index < -0.39 is 11.9 Å². The predicted molar refractivity (Wildman–Crippen MR) is 136 cm³/mol. The average molecular weight is 545 g/mol. The highest BCUT2D eigenvalue weighted by molar-refractivity contribution is 9.10. The number of nitrogens with one attached hydrogen (secondary N) is 1. The number of Topliss-reactive ketones (excluding diaryl/α,β-unsaturated/α-hetero) is 1. The molecule has 5 nitrogen and oxygen atoms in total. The van der Waals surface area contributed by atoms with Crippen LogP contribution in [-0.4, -0.2) is 18.9 Å². The first kappa shape index (κ1) is 24.6. The maximum atomic E-state index is 13.5. The van der Waals surface area contributed by atoms with Crippen LogP contribution in [-0.2, 0) is 20.9 Å². The molecule has 4 rings (SSSR count). The lowest BCUT2D eigenvalue weighted by atomic mass is 9.68. The molecule has 178 valence electrons. The van der Waals surface area contributed by atoms with Gasteiger partial charge >= 0.3 is 5.97 Å². The summed E-state index contributed by atoms with van der Waals surface area (Å²) in [6.07, 6.45) is 1.12. The standard InChI is InChI=1S/C27H27BrClNO4/c1-15-23(26(32)33-4)24(25-20(30-15)12-27(2,3)13-21(25)31)19-11-17(28)7-10-22(19)34-14-16-5-8-18(29)9-6-16/h5-11,24,30H,12-14H2,1-4H3/t24-/m0/s1. The number of ketones is 1. The first-order chi connectivity index (χ1) is 16.1. The lowest BCUT2D eigenvalue weighted by Crippen LogP contribution is -2.38. The van der Waals surface area contributed by atoms with Gasteiger partial charge in [-0.05, 0) is 54.7 Å². The molecule has 0 unspecified atom stereocenters.